The molecule has 0 aliphatic rings. The van der Waals surface area contributed by atoms with Gasteiger partial charge >= 0.3 is 0 Å². The minimum absolute atomic E-state index is 0.788. The van der Waals surface area contributed by atoms with Crippen LogP contribution in [0.4, 0.5) is 0 Å². The van der Waals surface area contributed by atoms with E-state index >= 15 is 4.57 Å². The quantitative estimate of drug-likeness (QED) is 0.187. The first-order chi connectivity index (χ1) is 22.2. The number of nitrogens with zero attached hydrogens (tertiary/aromatic N) is 1. The lowest BCUT2D eigenvalue weighted by atomic mass is 9.90. The number of nitrogens with two attached hydrogens (primary N) is 1. The van der Waals surface area contributed by atoms with Crippen LogP contribution in [0.5, 0.6) is 0 Å². The molecule has 216 valence electrons. The average molecular weight is 599 g/mol. The fourth-order valence-corrected chi connectivity index (χ4v) is 8.70. The second-order valence-corrected chi connectivity index (χ2v) is 13.6. The van der Waals surface area contributed by atoms with Gasteiger partial charge in [-0.2, -0.15) is 0 Å². The zero-order valence-corrected chi connectivity index (χ0v) is 25.5. The lowest BCUT2D eigenvalue weighted by molar-refractivity contribution is 0.592. The van der Waals surface area contributed by atoms with Crippen molar-refractivity contribution in [2.45, 2.75) is 0 Å². The third kappa shape index (κ3) is 5.18. The first-order valence-electron chi connectivity index (χ1n) is 15.0. The Balaban J connectivity index is 1.46. The summed E-state index contributed by atoms with van der Waals surface area (Å²) in [5.74, 6) is 0. The van der Waals surface area contributed by atoms with Crippen LogP contribution >= 0.6 is 7.14 Å². The van der Waals surface area contributed by atoms with Gasteiger partial charge in [0, 0.05) is 44.2 Å². The number of pyridine rings is 1. The Bertz CT molecular complexity index is 2120. The number of hydrogen-bond donors (Lipinski definition) is 1. The molecule has 0 aliphatic carbocycles. The highest BCUT2D eigenvalue weighted by atomic mass is 31.2. The molecule has 0 unspecified atom stereocenters. The van der Waals surface area contributed by atoms with E-state index in [-0.39, 0.29) is 0 Å². The van der Waals surface area contributed by atoms with Gasteiger partial charge in [-0.3, -0.25) is 0 Å². The molecule has 1 heterocycles. The third-order valence-corrected chi connectivity index (χ3v) is 11.3. The summed E-state index contributed by atoms with van der Waals surface area (Å²) < 4.78 is 15.0. The van der Waals surface area contributed by atoms with Crippen LogP contribution in [0, 0.1) is 0 Å². The van der Waals surface area contributed by atoms with Gasteiger partial charge < -0.3 is 10.3 Å². The predicted octanol–water partition coefficient (Wildman–Crippen LogP) is 8.56. The van der Waals surface area contributed by atoms with Crippen LogP contribution in [-0.4, -0.2) is 4.98 Å². The molecular formula is C41H31N2OP. The van der Waals surface area contributed by atoms with E-state index in [0.717, 1.165) is 65.9 Å². The molecule has 1 aromatic heterocycles. The van der Waals surface area contributed by atoms with Crippen LogP contribution in [0.25, 0.3) is 38.7 Å². The molecule has 0 amide bonds. The van der Waals surface area contributed by atoms with Gasteiger partial charge in [-0.05, 0) is 16.5 Å². The molecule has 0 radical (unpaired) electrons. The topological polar surface area (TPSA) is 56.0 Å². The molecule has 0 saturated heterocycles. The van der Waals surface area contributed by atoms with E-state index in [1.165, 1.54) is 0 Å². The van der Waals surface area contributed by atoms with Crippen molar-refractivity contribution in [1.29, 1.82) is 0 Å². The van der Waals surface area contributed by atoms with Crippen molar-refractivity contribution in [3.8, 4) is 22.4 Å². The Morgan fingerprint density at radius 2 is 0.978 bits per heavy atom. The van der Waals surface area contributed by atoms with E-state index in [2.05, 4.69) is 54.6 Å². The molecule has 0 spiro atoms. The molecule has 0 saturated carbocycles. The van der Waals surface area contributed by atoms with E-state index in [1.807, 2.05) is 115 Å². The molecule has 6 aromatic carbocycles. The lowest BCUT2D eigenvalue weighted by Crippen LogP contribution is -2.24. The van der Waals surface area contributed by atoms with Crippen molar-refractivity contribution < 1.29 is 4.57 Å². The first kappa shape index (κ1) is 28.3. The van der Waals surface area contributed by atoms with Gasteiger partial charge in [-0.15, -0.1) is 0 Å². The Morgan fingerprint density at radius 1 is 0.511 bits per heavy atom. The first-order valence-corrected chi connectivity index (χ1v) is 16.7. The van der Waals surface area contributed by atoms with E-state index in [1.54, 1.807) is 6.20 Å². The summed E-state index contributed by atoms with van der Waals surface area (Å²) in [4.78, 5) is 5.36. The van der Waals surface area contributed by atoms with E-state index < -0.39 is 7.14 Å². The maximum atomic E-state index is 15.0. The van der Waals surface area contributed by atoms with Crippen molar-refractivity contribution in [1.82, 2.24) is 4.98 Å². The second-order valence-electron chi connectivity index (χ2n) is 10.9. The van der Waals surface area contributed by atoms with Crippen molar-refractivity contribution in [2.24, 2.45) is 5.73 Å². The second kappa shape index (κ2) is 12.2. The zero-order valence-electron chi connectivity index (χ0n) is 24.6. The van der Waals surface area contributed by atoms with Gasteiger partial charge in [0.25, 0.3) is 0 Å². The van der Waals surface area contributed by atoms with Crippen molar-refractivity contribution in [2.75, 3.05) is 0 Å². The van der Waals surface area contributed by atoms with E-state index in [0.29, 0.717) is 0 Å². The number of aromatic nitrogens is 1. The average Bonchev–Trinajstić information content (AvgIpc) is 3.13. The van der Waals surface area contributed by atoms with Gasteiger partial charge in [-0.1, -0.05) is 170 Å². The summed E-state index contributed by atoms with van der Waals surface area (Å²) in [7, 11) is -3.10. The molecule has 0 fully saturated rings. The van der Waals surface area contributed by atoms with Gasteiger partial charge in [0.1, 0.15) is 0 Å². The fraction of sp³-hybridized carbons (Fsp3) is 0. The highest BCUT2D eigenvalue weighted by molar-refractivity contribution is 7.85. The van der Waals surface area contributed by atoms with Crippen LogP contribution in [0.15, 0.2) is 176 Å². The molecular weight excluding hydrogens is 567 g/mol. The minimum Gasteiger partial charge on any atom is -0.404 e. The molecule has 45 heavy (non-hydrogen) atoms. The number of fused-ring (bicyclic) bond motifs is 1. The minimum atomic E-state index is -3.10. The van der Waals surface area contributed by atoms with Crippen LogP contribution in [0.2, 0.25) is 0 Å². The molecule has 0 bridgehead atoms. The molecule has 2 N–H and O–H groups in total. The largest absolute Gasteiger partial charge is 0.404 e. The van der Waals surface area contributed by atoms with E-state index in [4.69, 9.17) is 10.7 Å². The van der Waals surface area contributed by atoms with E-state index in [9.17, 15) is 0 Å². The summed E-state index contributed by atoms with van der Waals surface area (Å²) in [5, 5.41) is 4.49. The smallest absolute Gasteiger partial charge is 0.171 e. The summed E-state index contributed by atoms with van der Waals surface area (Å²) in [6.45, 7) is 0. The lowest BCUT2D eigenvalue weighted by Gasteiger charge is -2.21. The number of benzene rings is 6. The molecule has 3 nitrogen and oxygen atoms in total. The van der Waals surface area contributed by atoms with Crippen LogP contribution in [0.3, 0.4) is 0 Å². The van der Waals surface area contributed by atoms with Gasteiger partial charge in [-0.25, -0.2) is 4.98 Å². The molecule has 0 aliphatic heterocycles. The van der Waals surface area contributed by atoms with Crippen LogP contribution in [0.1, 0.15) is 11.3 Å². The zero-order chi connectivity index (χ0) is 30.6. The summed E-state index contributed by atoms with van der Waals surface area (Å²) in [6, 6.07) is 56.5. The predicted molar refractivity (Wildman–Crippen MR) is 190 cm³/mol. The van der Waals surface area contributed by atoms with Gasteiger partial charge in [0.15, 0.2) is 7.14 Å². The monoisotopic (exact) mass is 598 g/mol. The fourth-order valence-electron chi connectivity index (χ4n) is 6.06. The Morgan fingerprint density at radius 3 is 1.53 bits per heavy atom. The Kier molecular flexibility index (Phi) is 7.69. The normalized spacial score (nSPS) is 11.9. The maximum absolute atomic E-state index is 15.0. The third-order valence-electron chi connectivity index (χ3n) is 8.22. The van der Waals surface area contributed by atoms with Crippen LogP contribution in [-0.2, 0) is 4.57 Å². The summed E-state index contributed by atoms with van der Waals surface area (Å²) >= 11 is 0. The number of rotatable bonds is 7. The summed E-state index contributed by atoms with van der Waals surface area (Å²) in [5.41, 5.74) is 12.9. The van der Waals surface area contributed by atoms with Gasteiger partial charge in [0.05, 0.1) is 11.4 Å². The van der Waals surface area contributed by atoms with Crippen molar-refractivity contribution in [3.05, 3.63) is 187 Å². The molecule has 7 rings (SSSR count). The maximum Gasteiger partial charge on any atom is 0.171 e. The van der Waals surface area contributed by atoms with Crippen molar-refractivity contribution >= 4 is 39.4 Å². The van der Waals surface area contributed by atoms with Gasteiger partial charge in [0.2, 0.25) is 0 Å². The highest BCUT2D eigenvalue weighted by Gasteiger charge is 2.30. The molecule has 0 atom stereocenters. The summed E-state index contributed by atoms with van der Waals surface area (Å²) in [6.07, 6.45) is 1.65. The standard InChI is InChI=1S/C41H31N2OP/c42-29-38(30-15-5-1-6-16-30)41-37-24-14-13-23-36(37)39(40(43-41)32-17-7-2-8-18-32)31-25-27-35(28-26-31)45(44,33-19-9-3-10-20-33)34-21-11-4-12-22-34/h1-29H,42H2. The van der Waals surface area contributed by atoms with Crippen LogP contribution < -0.4 is 21.6 Å². The SMILES string of the molecule is NC=C(c1ccccc1)c1nc(-c2ccccc2)c(-c2ccc(P(=O)(c3ccccc3)c3ccccc3)cc2)c2ccccc12. The molecule has 7 aromatic rings. The highest BCUT2D eigenvalue weighted by Crippen LogP contribution is 2.44. The van der Waals surface area contributed by atoms with Crippen molar-refractivity contribution in [3.63, 3.8) is 0 Å². The molecule has 4 heteroatoms. The Labute approximate surface area is 263 Å². The Hall–Kier alpha value is -5.50. The number of hydrogen-bond acceptors (Lipinski definition) is 3.